The molecule has 0 saturated heterocycles. The third kappa shape index (κ3) is 3.13. The van der Waals surface area contributed by atoms with Crippen molar-refractivity contribution >= 4 is 16.9 Å². The average Bonchev–Trinajstić information content (AvgIpc) is 3.12. The number of rotatable bonds is 4. The van der Waals surface area contributed by atoms with E-state index in [0.29, 0.717) is 29.7 Å². The standard InChI is InChI=1S/C21H31N5O3/c1-13-9-15(11-21(3,4)10-13)26-14(2)12-25-16-17(22-19(25)26)23(5)20(28)24(18(16)27)7-8-29-6/h12-13,15H,7-11H2,1-6H3/t13-,15-/m1/s1. The Balaban J connectivity index is 1.96. The van der Waals surface area contributed by atoms with Crippen LogP contribution in [0.3, 0.4) is 0 Å². The Bertz CT molecular complexity index is 1190. The van der Waals surface area contributed by atoms with Crippen LogP contribution in [0.5, 0.6) is 0 Å². The Kier molecular flexibility index (Phi) is 4.72. The summed E-state index contributed by atoms with van der Waals surface area (Å²) in [6.07, 6.45) is 5.36. The molecular formula is C21H31N5O3. The van der Waals surface area contributed by atoms with Crippen LogP contribution in [0.25, 0.3) is 16.9 Å². The molecule has 0 amide bonds. The van der Waals surface area contributed by atoms with Crippen molar-refractivity contribution in [3.63, 3.8) is 0 Å². The zero-order valence-corrected chi connectivity index (χ0v) is 18.2. The maximum Gasteiger partial charge on any atom is 0.332 e. The summed E-state index contributed by atoms with van der Waals surface area (Å²) < 4.78 is 11.9. The smallest absolute Gasteiger partial charge is 0.332 e. The molecule has 0 unspecified atom stereocenters. The molecule has 8 heteroatoms. The van der Waals surface area contributed by atoms with Gasteiger partial charge in [0.1, 0.15) is 0 Å². The Morgan fingerprint density at radius 1 is 1.28 bits per heavy atom. The number of nitrogens with zero attached hydrogens (tertiary/aromatic N) is 5. The van der Waals surface area contributed by atoms with Crippen LogP contribution in [0.1, 0.15) is 51.8 Å². The summed E-state index contributed by atoms with van der Waals surface area (Å²) in [4.78, 5) is 30.6. The van der Waals surface area contributed by atoms with Gasteiger partial charge in [0.25, 0.3) is 5.56 Å². The van der Waals surface area contributed by atoms with Gasteiger partial charge in [0, 0.05) is 32.1 Å². The van der Waals surface area contributed by atoms with E-state index in [4.69, 9.17) is 9.72 Å². The van der Waals surface area contributed by atoms with E-state index in [1.165, 1.54) is 15.6 Å². The third-order valence-electron chi connectivity index (χ3n) is 6.32. The van der Waals surface area contributed by atoms with Gasteiger partial charge >= 0.3 is 5.69 Å². The second-order valence-electron chi connectivity index (χ2n) is 9.45. The molecular weight excluding hydrogens is 370 g/mol. The first-order valence-corrected chi connectivity index (χ1v) is 10.3. The van der Waals surface area contributed by atoms with E-state index in [1.54, 1.807) is 14.2 Å². The number of aryl methyl sites for hydroxylation is 2. The van der Waals surface area contributed by atoms with Crippen LogP contribution in [-0.2, 0) is 18.3 Å². The van der Waals surface area contributed by atoms with Gasteiger partial charge in [-0.15, -0.1) is 0 Å². The molecule has 1 aliphatic rings. The Labute approximate surface area is 169 Å². The summed E-state index contributed by atoms with van der Waals surface area (Å²) in [5.74, 6) is 1.37. The van der Waals surface area contributed by atoms with Gasteiger partial charge in [-0.2, -0.15) is 4.98 Å². The van der Waals surface area contributed by atoms with E-state index in [-0.39, 0.29) is 23.2 Å². The van der Waals surface area contributed by atoms with Gasteiger partial charge < -0.3 is 9.30 Å². The largest absolute Gasteiger partial charge is 0.383 e. The second-order valence-corrected chi connectivity index (χ2v) is 9.45. The minimum absolute atomic E-state index is 0.221. The van der Waals surface area contributed by atoms with Crippen molar-refractivity contribution in [2.24, 2.45) is 18.4 Å². The maximum absolute atomic E-state index is 13.2. The van der Waals surface area contributed by atoms with Gasteiger partial charge in [0.2, 0.25) is 5.78 Å². The van der Waals surface area contributed by atoms with Crippen LogP contribution in [0.4, 0.5) is 0 Å². The van der Waals surface area contributed by atoms with Gasteiger partial charge in [-0.3, -0.25) is 18.3 Å². The lowest BCUT2D eigenvalue weighted by Crippen LogP contribution is -2.40. The molecule has 3 aromatic heterocycles. The molecule has 1 aliphatic carbocycles. The first-order chi connectivity index (χ1) is 13.6. The van der Waals surface area contributed by atoms with Crippen molar-refractivity contribution in [3.05, 3.63) is 32.7 Å². The molecule has 158 valence electrons. The molecule has 0 spiro atoms. The average molecular weight is 402 g/mol. The van der Waals surface area contributed by atoms with Gasteiger partial charge in [0.15, 0.2) is 11.2 Å². The van der Waals surface area contributed by atoms with Gasteiger partial charge in [-0.1, -0.05) is 20.8 Å². The molecule has 4 rings (SSSR count). The lowest BCUT2D eigenvalue weighted by Gasteiger charge is -2.39. The summed E-state index contributed by atoms with van der Waals surface area (Å²) in [5, 5.41) is 0. The van der Waals surface area contributed by atoms with Crippen molar-refractivity contribution in [3.8, 4) is 0 Å². The Morgan fingerprint density at radius 2 is 2.00 bits per heavy atom. The van der Waals surface area contributed by atoms with E-state index in [1.807, 2.05) is 10.6 Å². The third-order valence-corrected chi connectivity index (χ3v) is 6.32. The van der Waals surface area contributed by atoms with Crippen molar-refractivity contribution in [2.75, 3.05) is 13.7 Å². The highest BCUT2D eigenvalue weighted by atomic mass is 16.5. The van der Waals surface area contributed by atoms with Crippen LogP contribution < -0.4 is 11.2 Å². The van der Waals surface area contributed by atoms with Crippen molar-refractivity contribution in [1.29, 1.82) is 0 Å². The van der Waals surface area contributed by atoms with Crippen LogP contribution in [0.2, 0.25) is 0 Å². The number of imidazole rings is 2. The van der Waals surface area contributed by atoms with Gasteiger partial charge in [-0.25, -0.2) is 4.79 Å². The van der Waals surface area contributed by atoms with E-state index >= 15 is 0 Å². The number of ether oxygens (including phenoxy) is 1. The number of hydrogen-bond acceptors (Lipinski definition) is 4. The molecule has 0 radical (unpaired) electrons. The zero-order chi connectivity index (χ0) is 21.1. The number of methoxy groups -OCH3 is 1. The van der Waals surface area contributed by atoms with E-state index < -0.39 is 0 Å². The molecule has 0 bridgehead atoms. The first kappa shape index (κ1) is 19.9. The molecule has 1 saturated carbocycles. The van der Waals surface area contributed by atoms with E-state index in [9.17, 15) is 9.59 Å². The number of hydrogen-bond donors (Lipinski definition) is 0. The zero-order valence-electron chi connectivity index (χ0n) is 18.2. The highest BCUT2D eigenvalue weighted by Gasteiger charge is 2.34. The quantitative estimate of drug-likeness (QED) is 0.673. The van der Waals surface area contributed by atoms with Crippen molar-refractivity contribution in [2.45, 2.75) is 59.5 Å². The fourth-order valence-electron chi connectivity index (χ4n) is 5.35. The van der Waals surface area contributed by atoms with Crippen LogP contribution in [-0.4, -0.2) is 36.8 Å². The summed E-state index contributed by atoms with van der Waals surface area (Å²) in [5.41, 5.74) is 1.55. The predicted molar refractivity (Wildman–Crippen MR) is 113 cm³/mol. The molecule has 29 heavy (non-hydrogen) atoms. The van der Waals surface area contributed by atoms with Crippen molar-refractivity contribution < 1.29 is 4.74 Å². The lowest BCUT2D eigenvalue weighted by molar-refractivity contribution is 0.138. The topological polar surface area (TPSA) is 75.5 Å². The van der Waals surface area contributed by atoms with E-state index in [0.717, 1.165) is 24.3 Å². The maximum atomic E-state index is 13.2. The van der Waals surface area contributed by atoms with Crippen LogP contribution >= 0.6 is 0 Å². The van der Waals surface area contributed by atoms with Gasteiger partial charge in [-0.05, 0) is 37.5 Å². The fraction of sp³-hybridized carbons (Fsp3) is 0.667. The summed E-state index contributed by atoms with van der Waals surface area (Å²) in [6, 6.07) is 0.329. The van der Waals surface area contributed by atoms with Gasteiger partial charge in [0.05, 0.1) is 13.2 Å². The molecule has 0 N–H and O–H groups in total. The molecule has 3 aromatic rings. The molecule has 0 aromatic carbocycles. The fourth-order valence-corrected chi connectivity index (χ4v) is 5.35. The van der Waals surface area contributed by atoms with Crippen LogP contribution in [0.15, 0.2) is 15.8 Å². The lowest BCUT2D eigenvalue weighted by atomic mass is 9.70. The van der Waals surface area contributed by atoms with Crippen LogP contribution in [0, 0.1) is 18.3 Å². The molecule has 2 atom stereocenters. The SMILES string of the molecule is COCCn1c(=O)c2c(nc3n([C@@H]4C[C@@H](C)CC(C)(C)C4)c(C)cn23)n(C)c1=O. The minimum atomic E-state index is -0.365. The van der Waals surface area contributed by atoms with Crippen molar-refractivity contribution in [1.82, 2.24) is 23.1 Å². The normalized spacial score (nSPS) is 22.0. The number of aromatic nitrogens is 5. The minimum Gasteiger partial charge on any atom is -0.383 e. The molecule has 0 aliphatic heterocycles. The highest BCUT2D eigenvalue weighted by Crippen LogP contribution is 2.44. The van der Waals surface area contributed by atoms with E-state index in [2.05, 4.69) is 32.3 Å². The molecule has 3 heterocycles. The second kappa shape index (κ2) is 6.86. The monoisotopic (exact) mass is 401 g/mol. The first-order valence-electron chi connectivity index (χ1n) is 10.3. The Hall–Kier alpha value is -2.35. The molecule has 1 fully saturated rings. The summed E-state index contributed by atoms with van der Waals surface area (Å²) in [7, 11) is 3.23. The summed E-state index contributed by atoms with van der Waals surface area (Å²) in [6.45, 7) is 9.55. The summed E-state index contributed by atoms with van der Waals surface area (Å²) >= 11 is 0. The molecule has 8 nitrogen and oxygen atoms in total. The number of fused-ring (bicyclic) bond motifs is 3. The Morgan fingerprint density at radius 3 is 2.66 bits per heavy atom. The predicted octanol–water partition coefficient (Wildman–Crippen LogP) is 2.49. The highest BCUT2D eigenvalue weighted by molar-refractivity contribution is 5.75.